The number of hydrazone groups is 1. The number of phenolic OH excluding ortho intramolecular Hbond substituents is 1. The molecule has 0 radical (unpaired) electrons. The molecule has 5 nitrogen and oxygen atoms in total. The fourth-order valence-electron chi connectivity index (χ4n) is 3.28. The molecular weight excluding hydrogens is 350 g/mol. The molecule has 0 aliphatic carbocycles. The van der Waals surface area contributed by atoms with E-state index in [9.17, 15) is 13.9 Å². The van der Waals surface area contributed by atoms with Gasteiger partial charge in [0.1, 0.15) is 11.6 Å². The molecule has 0 bridgehead atoms. The Morgan fingerprint density at radius 3 is 2.63 bits per heavy atom. The van der Waals surface area contributed by atoms with E-state index in [1.54, 1.807) is 6.07 Å². The number of nitrogens with two attached hydrogens (primary N) is 1. The Morgan fingerprint density at radius 1 is 1.19 bits per heavy atom. The molecule has 0 amide bonds. The summed E-state index contributed by atoms with van der Waals surface area (Å²) < 4.78 is 26.6. The van der Waals surface area contributed by atoms with Crippen LogP contribution in [-0.2, 0) is 0 Å². The summed E-state index contributed by atoms with van der Waals surface area (Å²) in [5.74, 6) is 4.77. The minimum absolute atomic E-state index is 0.0418. The fourth-order valence-corrected chi connectivity index (χ4v) is 3.28. The molecule has 1 fully saturated rings. The van der Waals surface area contributed by atoms with Gasteiger partial charge in [-0.3, -0.25) is 9.89 Å². The fraction of sp³-hybridized carbons (Fsp3) is 0.300. The lowest BCUT2D eigenvalue weighted by molar-refractivity contribution is 0.239. The lowest BCUT2D eigenvalue weighted by atomic mass is 9.89. The van der Waals surface area contributed by atoms with Gasteiger partial charge < -0.3 is 10.9 Å². The lowest BCUT2D eigenvalue weighted by Gasteiger charge is -2.32. The van der Waals surface area contributed by atoms with E-state index in [1.165, 1.54) is 12.3 Å². The molecule has 0 saturated carbocycles. The Morgan fingerprint density at radius 2 is 1.96 bits per heavy atom. The summed E-state index contributed by atoms with van der Waals surface area (Å²) in [7, 11) is 0. The number of hydrogen-bond acceptors (Lipinski definition) is 5. The van der Waals surface area contributed by atoms with Crippen LogP contribution in [0.2, 0.25) is 0 Å². The molecular formula is C20H22F2N4O. The van der Waals surface area contributed by atoms with Crippen LogP contribution >= 0.6 is 0 Å². The number of likely N-dealkylation sites (tertiary alicyclic amines) is 1. The molecule has 2 aromatic carbocycles. The molecule has 3 N–H and O–H groups in total. The van der Waals surface area contributed by atoms with Gasteiger partial charge in [0, 0.05) is 12.6 Å². The highest BCUT2D eigenvalue weighted by atomic mass is 19.1. The molecule has 1 saturated heterocycles. The average Bonchev–Trinajstić information content (AvgIpc) is 2.67. The maximum Gasteiger partial charge on any atom is 0.151 e. The molecule has 1 heterocycles. The number of phenols is 1. The van der Waals surface area contributed by atoms with Crippen LogP contribution in [0.4, 0.5) is 14.5 Å². The van der Waals surface area contributed by atoms with Gasteiger partial charge in [0.25, 0.3) is 0 Å². The predicted molar refractivity (Wildman–Crippen MR) is 103 cm³/mol. The molecule has 1 aliphatic rings. The van der Waals surface area contributed by atoms with Gasteiger partial charge in [-0.2, -0.15) is 5.10 Å². The molecule has 0 aromatic heterocycles. The summed E-state index contributed by atoms with van der Waals surface area (Å²) in [5.41, 5.74) is 1.71. The first kappa shape index (κ1) is 19.0. The highest BCUT2D eigenvalue weighted by Crippen LogP contribution is 2.29. The van der Waals surface area contributed by atoms with Gasteiger partial charge in [-0.15, -0.1) is 0 Å². The molecule has 3 rings (SSSR count). The molecule has 0 unspecified atom stereocenters. The van der Waals surface area contributed by atoms with Gasteiger partial charge in [0.2, 0.25) is 0 Å². The number of hydrogen-bond donors (Lipinski definition) is 2. The number of aliphatic imine (C=N–C) groups is 1. The van der Waals surface area contributed by atoms with E-state index >= 15 is 0 Å². The first-order valence-electron chi connectivity index (χ1n) is 8.82. The van der Waals surface area contributed by atoms with Crippen LogP contribution in [0.3, 0.4) is 0 Å². The van der Waals surface area contributed by atoms with Crippen molar-refractivity contribution < 1.29 is 13.9 Å². The molecule has 27 heavy (non-hydrogen) atoms. The third kappa shape index (κ3) is 5.10. The topological polar surface area (TPSA) is 74.2 Å². The Kier molecular flexibility index (Phi) is 6.13. The molecule has 0 spiro atoms. The third-order valence-electron chi connectivity index (χ3n) is 4.74. The zero-order valence-electron chi connectivity index (χ0n) is 14.9. The SMILES string of the molecule is NN=C(C=Nc1ccc(F)cc1F)CN1CCC(c2cccc(O)c2)CC1. The molecule has 0 atom stereocenters. The van der Waals surface area contributed by atoms with E-state index in [4.69, 9.17) is 5.84 Å². The zero-order chi connectivity index (χ0) is 19.2. The number of piperidine rings is 1. The van der Waals surface area contributed by atoms with Crippen LogP contribution < -0.4 is 5.84 Å². The van der Waals surface area contributed by atoms with Crippen molar-refractivity contribution in [2.75, 3.05) is 19.6 Å². The Bertz CT molecular complexity index is 846. The zero-order valence-corrected chi connectivity index (χ0v) is 14.9. The van der Waals surface area contributed by atoms with Gasteiger partial charge >= 0.3 is 0 Å². The molecule has 7 heteroatoms. The van der Waals surface area contributed by atoms with Crippen LogP contribution in [0.25, 0.3) is 0 Å². The summed E-state index contributed by atoms with van der Waals surface area (Å²) in [5, 5.41) is 13.4. The van der Waals surface area contributed by atoms with Crippen LogP contribution in [0.15, 0.2) is 52.6 Å². The van der Waals surface area contributed by atoms with Crippen molar-refractivity contribution in [2.24, 2.45) is 15.9 Å². The van der Waals surface area contributed by atoms with Crippen LogP contribution in [0, 0.1) is 11.6 Å². The normalized spacial score (nSPS) is 16.9. The Balaban J connectivity index is 1.56. The molecule has 1 aliphatic heterocycles. The largest absolute Gasteiger partial charge is 0.508 e. The number of aromatic hydroxyl groups is 1. The minimum atomic E-state index is -0.727. The summed E-state index contributed by atoms with van der Waals surface area (Å²) in [6, 6.07) is 10.6. The Hall–Kier alpha value is -2.80. The van der Waals surface area contributed by atoms with Crippen LogP contribution in [0.1, 0.15) is 24.3 Å². The highest BCUT2D eigenvalue weighted by Gasteiger charge is 2.21. The van der Waals surface area contributed by atoms with Crippen molar-refractivity contribution in [1.82, 2.24) is 4.90 Å². The highest BCUT2D eigenvalue weighted by molar-refractivity contribution is 6.32. The number of nitrogens with zero attached hydrogens (tertiary/aromatic N) is 3. The maximum atomic E-state index is 13.6. The van der Waals surface area contributed by atoms with Crippen LogP contribution in [-0.4, -0.2) is 41.6 Å². The van der Waals surface area contributed by atoms with E-state index in [1.807, 2.05) is 18.2 Å². The van der Waals surface area contributed by atoms with Crippen molar-refractivity contribution in [1.29, 1.82) is 0 Å². The number of rotatable bonds is 5. The van der Waals surface area contributed by atoms with Crippen LogP contribution in [0.5, 0.6) is 5.75 Å². The predicted octanol–water partition coefficient (Wildman–Crippen LogP) is 3.57. The maximum absolute atomic E-state index is 13.6. The quantitative estimate of drug-likeness (QED) is 0.479. The van der Waals surface area contributed by atoms with E-state index in [2.05, 4.69) is 15.0 Å². The smallest absolute Gasteiger partial charge is 0.151 e. The van der Waals surface area contributed by atoms with E-state index in [0.29, 0.717) is 18.2 Å². The Labute approximate surface area is 156 Å². The van der Waals surface area contributed by atoms with Crippen molar-refractivity contribution >= 4 is 17.6 Å². The van der Waals surface area contributed by atoms with E-state index in [0.717, 1.165) is 43.6 Å². The summed E-state index contributed by atoms with van der Waals surface area (Å²) in [4.78, 5) is 6.23. The second kappa shape index (κ2) is 8.73. The van der Waals surface area contributed by atoms with Gasteiger partial charge in [-0.05, 0) is 61.7 Å². The summed E-state index contributed by atoms with van der Waals surface area (Å²) in [6.07, 6.45) is 3.34. The second-order valence-corrected chi connectivity index (χ2v) is 6.62. The minimum Gasteiger partial charge on any atom is -0.508 e. The first-order chi connectivity index (χ1) is 13.0. The van der Waals surface area contributed by atoms with Gasteiger partial charge in [-0.1, -0.05) is 12.1 Å². The summed E-state index contributed by atoms with van der Waals surface area (Å²) in [6.45, 7) is 2.23. The number of benzene rings is 2. The van der Waals surface area contributed by atoms with E-state index < -0.39 is 11.6 Å². The summed E-state index contributed by atoms with van der Waals surface area (Å²) >= 11 is 0. The number of halogens is 2. The second-order valence-electron chi connectivity index (χ2n) is 6.62. The van der Waals surface area contributed by atoms with Gasteiger partial charge in [0.05, 0.1) is 17.6 Å². The monoisotopic (exact) mass is 372 g/mol. The third-order valence-corrected chi connectivity index (χ3v) is 4.74. The van der Waals surface area contributed by atoms with Crippen molar-refractivity contribution in [3.63, 3.8) is 0 Å². The average molecular weight is 372 g/mol. The first-order valence-corrected chi connectivity index (χ1v) is 8.82. The van der Waals surface area contributed by atoms with Gasteiger partial charge in [0.15, 0.2) is 5.82 Å². The standard InChI is InChI=1S/C20H22F2N4O/c21-16-4-5-20(19(22)11-16)24-12-17(25-23)13-26-8-6-14(7-9-26)15-2-1-3-18(27)10-15/h1-5,10-12,14,27H,6-9,13,23H2. The van der Waals surface area contributed by atoms with Gasteiger partial charge in [-0.25, -0.2) is 8.78 Å². The lowest BCUT2D eigenvalue weighted by Crippen LogP contribution is -2.37. The van der Waals surface area contributed by atoms with Crippen molar-refractivity contribution in [2.45, 2.75) is 18.8 Å². The van der Waals surface area contributed by atoms with Crippen molar-refractivity contribution in [3.8, 4) is 5.75 Å². The van der Waals surface area contributed by atoms with Crippen molar-refractivity contribution in [3.05, 3.63) is 59.7 Å². The molecule has 2 aromatic rings. The van der Waals surface area contributed by atoms with E-state index in [-0.39, 0.29) is 11.4 Å². The molecule has 142 valence electrons.